The number of hydrogen-bond donors (Lipinski definition) is 1. The molecule has 0 radical (unpaired) electrons. The van der Waals surface area contributed by atoms with Gasteiger partial charge in [0.1, 0.15) is 0 Å². The van der Waals surface area contributed by atoms with Gasteiger partial charge in [-0.2, -0.15) is 0 Å². The summed E-state index contributed by atoms with van der Waals surface area (Å²) in [6.07, 6.45) is 1.18. The number of aliphatic hydroxyl groups excluding tert-OH is 1. The van der Waals surface area contributed by atoms with Gasteiger partial charge in [-0.1, -0.05) is 0 Å². The number of ether oxygens (including phenoxy) is 2. The van der Waals surface area contributed by atoms with Gasteiger partial charge >= 0.3 is 0 Å². The second kappa shape index (κ2) is 6.35. The van der Waals surface area contributed by atoms with Crippen molar-refractivity contribution in [3.05, 3.63) is 0 Å². The van der Waals surface area contributed by atoms with Crippen molar-refractivity contribution in [2.75, 3.05) is 20.3 Å². The molecule has 0 saturated carbocycles. The molecule has 1 atom stereocenters. The zero-order valence-electron chi connectivity index (χ0n) is 9.17. The molecule has 0 spiro atoms. The molecule has 0 saturated heterocycles. The van der Waals surface area contributed by atoms with Crippen molar-refractivity contribution in [2.45, 2.75) is 45.3 Å². The molecule has 1 N–H and O–H groups in total. The third kappa shape index (κ3) is 5.24. The van der Waals surface area contributed by atoms with E-state index in [2.05, 4.69) is 0 Å². The van der Waals surface area contributed by atoms with Gasteiger partial charge in [0.05, 0.1) is 11.7 Å². The Morgan fingerprint density at radius 1 is 1.38 bits per heavy atom. The summed E-state index contributed by atoms with van der Waals surface area (Å²) in [6, 6.07) is 0. The summed E-state index contributed by atoms with van der Waals surface area (Å²) in [7, 11) is 1.67. The first-order valence-corrected chi connectivity index (χ1v) is 4.85. The highest BCUT2D eigenvalue weighted by atomic mass is 16.5. The Bertz CT molecular complexity index is 123. The first kappa shape index (κ1) is 12.9. The third-order valence-electron chi connectivity index (χ3n) is 2.14. The molecule has 3 nitrogen and oxygen atoms in total. The van der Waals surface area contributed by atoms with Gasteiger partial charge in [0.15, 0.2) is 0 Å². The molecule has 0 bridgehead atoms. The van der Waals surface area contributed by atoms with E-state index in [0.717, 1.165) is 12.8 Å². The van der Waals surface area contributed by atoms with Gasteiger partial charge in [0.2, 0.25) is 0 Å². The van der Waals surface area contributed by atoms with Crippen molar-refractivity contribution in [3.63, 3.8) is 0 Å². The van der Waals surface area contributed by atoms with Crippen LogP contribution in [-0.2, 0) is 9.47 Å². The summed E-state index contributed by atoms with van der Waals surface area (Å²) >= 11 is 0. The molecule has 0 rings (SSSR count). The lowest BCUT2D eigenvalue weighted by atomic mass is 9.97. The Labute approximate surface area is 81.0 Å². The van der Waals surface area contributed by atoms with E-state index >= 15 is 0 Å². The van der Waals surface area contributed by atoms with Crippen LogP contribution in [0.2, 0.25) is 0 Å². The maximum Gasteiger partial charge on any atom is 0.0884 e. The molecule has 0 aliphatic carbocycles. The van der Waals surface area contributed by atoms with Crippen molar-refractivity contribution >= 4 is 0 Å². The van der Waals surface area contributed by atoms with E-state index in [1.54, 1.807) is 7.11 Å². The molecule has 3 heteroatoms. The van der Waals surface area contributed by atoms with Crippen molar-refractivity contribution in [3.8, 4) is 0 Å². The van der Waals surface area contributed by atoms with E-state index in [9.17, 15) is 5.11 Å². The first-order valence-electron chi connectivity index (χ1n) is 4.85. The quantitative estimate of drug-likeness (QED) is 0.620. The van der Waals surface area contributed by atoms with Crippen LogP contribution in [0.5, 0.6) is 0 Å². The van der Waals surface area contributed by atoms with Crippen LogP contribution in [0.1, 0.15) is 33.6 Å². The van der Waals surface area contributed by atoms with E-state index in [1.807, 2.05) is 20.8 Å². The number of rotatable bonds is 7. The van der Waals surface area contributed by atoms with Gasteiger partial charge in [-0.15, -0.1) is 0 Å². The Morgan fingerprint density at radius 2 is 2.00 bits per heavy atom. The summed E-state index contributed by atoms with van der Waals surface area (Å²) in [5.41, 5.74) is -0.442. The van der Waals surface area contributed by atoms with Crippen LogP contribution < -0.4 is 0 Å². The van der Waals surface area contributed by atoms with Gasteiger partial charge in [-0.3, -0.25) is 0 Å². The molecule has 0 aromatic carbocycles. The molecule has 13 heavy (non-hydrogen) atoms. The molecule has 0 aromatic rings. The van der Waals surface area contributed by atoms with Crippen LogP contribution in [0.3, 0.4) is 0 Å². The lowest BCUT2D eigenvalue weighted by Gasteiger charge is -2.30. The predicted octanol–water partition coefficient (Wildman–Crippen LogP) is 1.59. The van der Waals surface area contributed by atoms with Gasteiger partial charge in [-0.25, -0.2) is 0 Å². The lowest BCUT2D eigenvalue weighted by Crippen LogP contribution is -2.39. The number of hydrogen-bond acceptors (Lipinski definition) is 3. The monoisotopic (exact) mass is 190 g/mol. The molecule has 0 amide bonds. The second-order valence-electron chi connectivity index (χ2n) is 3.69. The van der Waals surface area contributed by atoms with Crippen molar-refractivity contribution in [2.24, 2.45) is 0 Å². The summed E-state index contributed by atoms with van der Waals surface area (Å²) in [5.74, 6) is 0. The molecule has 80 valence electrons. The van der Waals surface area contributed by atoms with E-state index in [-0.39, 0.29) is 0 Å². The van der Waals surface area contributed by atoms with Gasteiger partial charge in [-0.05, 0) is 33.6 Å². The zero-order chi connectivity index (χ0) is 10.3. The number of aliphatic hydroxyl groups is 1. The average Bonchev–Trinajstić information content (AvgIpc) is 2.04. The standard InChI is InChI=1S/C10H22O3/c1-5-13-10(2,3)9(11)7-6-8-12-4/h9,11H,5-8H2,1-4H3. The van der Waals surface area contributed by atoms with Crippen LogP contribution in [0, 0.1) is 0 Å². The van der Waals surface area contributed by atoms with E-state index in [1.165, 1.54) is 0 Å². The van der Waals surface area contributed by atoms with Crippen molar-refractivity contribution in [1.82, 2.24) is 0 Å². The molecule has 1 unspecified atom stereocenters. The molecule has 0 fully saturated rings. The summed E-state index contributed by atoms with van der Waals surface area (Å²) in [6.45, 7) is 7.08. The van der Waals surface area contributed by atoms with E-state index in [0.29, 0.717) is 13.2 Å². The Hall–Kier alpha value is -0.120. The third-order valence-corrected chi connectivity index (χ3v) is 2.14. The van der Waals surface area contributed by atoms with Crippen LogP contribution in [0.4, 0.5) is 0 Å². The van der Waals surface area contributed by atoms with Crippen molar-refractivity contribution < 1.29 is 14.6 Å². The SMILES string of the molecule is CCOC(C)(C)C(O)CCCOC. The summed E-state index contributed by atoms with van der Waals surface area (Å²) in [4.78, 5) is 0. The Balaban J connectivity index is 3.72. The maximum absolute atomic E-state index is 9.75. The Morgan fingerprint density at radius 3 is 2.46 bits per heavy atom. The molecule has 0 heterocycles. The highest BCUT2D eigenvalue weighted by Crippen LogP contribution is 2.18. The number of methoxy groups -OCH3 is 1. The molecular weight excluding hydrogens is 168 g/mol. The molecular formula is C10H22O3. The largest absolute Gasteiger partial charge is 0.390 e. The molecule has 0 aliphatic heterocycles. The van der Waals surface area contributed by atoms with Crippen LogP contribution in [0.15, 0.2) is 0 Å². The minimum atomic E-state index is -0.442. The fraction of sp³-hybridized carbons (Fsp3) is 1.00. The fourth-order valence-electron chi connectivity index (χ4n) is 1.24. The minimum Gasteiger partial charge on any atom is -0.390 e. The van der Waals surface area contributed by atoms with Crippen LogP contribution >= 0.6 is 0 Å². The lowest BCUT2D eigenvalue weighted by molar-refractivity contribution is -0.100. The van der Waals surface area contributed by atoms with Gasteiger partial charge < -0.3 is 14.6 Å². The topological polar surface area (TPSA) is 38.7 Å². The van der Waals surface area contributed by atoms with Gasteiger partial charge in [0, 0.05) is 20.3 Å². The smallest absolute Gasteiger partial charge is 0.0884 e. The summed E-state index contributed by atoms with van der Waals surface area (Å²) < 4.78 is 10.3. The Kier molecular flexibility index (Phi) is 6.29. The fourth-order valence-corrected chi connectivity index (χ4v) is 1.24. The first-order chi connectivity index (χ1) is 6.04. The minimum absolute atomic E-state index is 0.414. The van der Waals surface area contributed by atoms with Gasteiger partial charge in [0.25, 0.3) is 0 Å². The van der Waals surface area contributed by atoms with E-state index < -0.39 is 11.7 Å². The van der Waals surface area contributed by atoms with Crippen LogP contribution in [-0.4, -0.2) is 37.1 Å². The normalized spacial score (nSPS) is 14.5. The second-order valence-corrected chi connectivity index (χ2v) is 3.69. The molecule has 0 aliphatic rings. The zero-order valence-corrected chi connectivity index (χ0v) is 9.17. The summed E-state index contributed by atoms with van der Waals surface area (Å²) in [5, 5.41) is 9.75. The highest BCUT2D eigenvalue weighted by Gasteiger charge is 2.27. The maximum atomic E-state index is 9.75. The van der Waals surface area contributed by atoms with Crippen molar-refractivity contribution in [1.29, 1.82) is 0 Å². The molecule has 0 aromatic heterocycles. The predicted molar refractivity (Wildman–Crippen MR) is 52.8 cm³/mol. The highest BCUT2D eigenvalue weighted by molar-refractivity contribution is 4.78. The van der Waals surface area contributed by atoms with E-state index in [4.69, 9.17) is 9.47 Å². The average molecular weight is 190 g/mol. The van der Waals surface area contributed by atoms with Crippen LogP contribution in [0.25, 0.3) is 0 Å².